The molecule has 0 radical (unpaired) electrons. The number of carboxylic acid groups (broad SMARTS) is 1. The predicted molar refractivity (Wildman–Crippen MR) is 84.1 cm³/mol. The Labute approximate surface area is 133 Å². The van der Waals surface area contributed by atoms with Gasteiger partial charge in [-0.25, -0.2) is 4.79 Å². The summed E-state index contributed by atoms with van der Waals surface area (Å²) in [7, 11) is 0. The van der Waals surface area contributed by atoms with Crippen LogP contribution < -0.4 is 4.74 Å². The third-order valence-electron chi connectivity index (χ3n) is 2.84. The molecule has 2 aromatic rings. The maximum Gasteiger partial charge on any atom is 0.344 e. The van der Waals surface area contributed by atoms with E-state index in [1.807, 2.05) is 25.1 Å². The highest BCUT2D eigenvalue weighted by molar-refractivity contribution is 9.11. The van der Waals surface area contributed by atoms with Crippen LogP contribution in [0.15, 0.2) is 33.3 Å². The van der Waals surface area contributed by atoms with Crippen LogP contribution in [0.4, 0.5) is 0 Å². The summed E-state index contributed by atoms with van der Waals surface area (Å²) in [5, 5.41) is 10.1. The number of fused-ring (bicyclic) bond motifs is 1. The second-order valence-electron chi connectivity index (χ2n) is 4.30. The van der Waals surface area contributed by atoms with Crippen LogP contribution in [0.3, 0.4) is 0 Å². The van der Waals surface area contributed by atoms with Crippen LogP contribution in [0.5, 0.6) is 5.75 Å². The smallest absolute Gasteiger partial charge is 0.344 e. The molecule has 1 unspecified atom stereocenters. The molecule has 0 aliphatic carbocycles. The molecule has 0 aliphatic heterocycles. The van der Waals surface area contributed by atoms with Gasteiger partial charge in [0.2, 0.25) is 0 Å². The molecule has 106 valence electrons. The minimum Gasteiger partial charge on any atom is -0.479 e. The van der Waals surface area contributed by atoms with Gasteiger partial charge in [0.25, 0.3) is 0 Å². The summed E-state index contributed by atoms with van der Waals surface area (Å²) >= 11 is 6.87. The Hall–Kier alpha value is -1.14. The molecule has 0 bridgehead atoms. The van der Waals surface area contributed by atoms with Crippen LogP contribution in [0.25, 0.3) is 10.9 Å². The molecule has 1 heterocycles. The molecule has 0 spiro atoms. The van der Waals surface area contributed by atoms with Crippen molar-refractivity contribution in [2.24, 2.45) is 0 Å². The van der Waals surface area contributed by atoms with Crippen LogP contribution >= 0.6 is 31.9 Å². The first-order chi connectivity index (χ1) is 9.54. The first-order valence-corrected chi connectivity index (χ1v) is 7.75. The summed E-state index contributed by atoms with van der Waals surface area (Å²) in [5.74, 6) is -0.504. The fraction of sp³-hybridized carbons (Fsp3) is 0.286. The van der Waals surface area contributed by atoms with E-state index in [4.69, 9.17) is 4.74 Å². The van der Waals surface area contributed by atoms with Gasteiger partial charge in [0.15, 0.2) is 11.9 Å². The Kier molecular flexibility index (Phi) is 4.99. The highest BCUT2D eigenvalue weighted by Gasteiger charge is 2.22. The summed E-state index contributed by atoms with van der Waals surface area (Å²) in [6.45, 7) is 1.92. The van der Waals surface area contributed by atoms with Gasteiger partial charge < -0.3 is 9.84 Å². The number of aliphatic carboxylic acids is 1. The van der Waals surface area contributed by atoms with Crippen LogP contribution in [0.2, 0.25) is 0 Å². The Morgan fingerprint density at radius 3 is 2.85 bits per heavy atom. The number of hydrogen-bond donors (Lipinski definition) is 1. The van der Waals surface area contributed by atoms with Crippen molar-refractivity contribution in [2.75, 3.05) is 0 Å². The molecule has 1 atom stereocenters. The molecule has 0 fully saturated rings. The second kappa shape index (κ2) is 6.54. The van der Waals surface area contributed by atoms with Crippen molar-refractivity contribution < 1.29 is 14.6 Å². The average Bonchev–Trinajstić information content (AvgIpc) is 2.42. The van der Waals surface area contributed by atoms with Gasteiger partial charge in [-0.05, 0) is 34.5 Å². The zero-order valence-electron chi connectivity index (χ0n) is 10.8. The average molecular weight is 403 g/mol. The molecule has 1 aromatic heterocycles. The van der Waals surface area contributed by atoms with E-state index in [0.29, 0.717) is 22.2 Å². The fourth-order valence-electron chi connectivity index (χ4n) is 1.90. The van der Waals surface area contributed by atoms with Crippen molar-refractivity contribution in [1.29, 1.82) is 0 Å². The van der Waals surface area contributed by atoms with Crippen LogP contribution in [-0.2, 0) is 4.79 Å². The van der Waals surface area contributed by atoms with Crippen LogP contribution in [-0.4, -0.2) is 22.2 Å². The monoisotopic (exact) mass is 401 g/mol. The summed E-state index contributed by atoms with van der Waals surface area (Å²) in [5.41, 5.74) is 0.635. The number of pyridine rings is 1. The SMILES string of the molecule is CCCC(Oc1c(Br)cc(Br)c2cccnc12)C(=O)O. The lowest BCUT2D eigenvalue weighted by atomic mass is 10.2. The van der Waals surface area contributed by atoms with Gasteiger partial charge in [0, 0.05) is 16.1 Å². The van der Waals surface area contributed by atoms with Gasteiger partial charge in [-0.3, -0.25) is 4.98 Å². The number of ether oxygens (including phenoxy) is 1. The lowest BCUT2D eigenvalue weighted by Crippen LogP contribution is -2.27. The van der Waals surface area contributed by atoms with Crippen LogP contribution in [0.1, 0.15) is 19.8 Å². The molecule has 6 heteroatoms. The van der Waals surface area contributed by atoms with Crippen molar-refractivity contribution in [2.45, 2.75) is 25.9 Å². The summed E-state index contributed by atoms with van der Waals surface area (Å²) in [4.78, 5) is 15.5. The van der Waals surface area contributed by atoms with E-state index in [2.05, 4.69) is 36.8 Å². The molecule has 0 amide bonds. The van der Waals surface area contributed by atoms with Gasteiger partial charge in [-0.1, -0.05) is 35.3 Å². The molecular formula is C14H13Br2NO3. The summed E-state index contributed by atoms with van der Waals surface area (Å²) < 4.78 is 7.24. The Morgan fingerprint density at radius 1 is 1.45 bits per heavy atom. The molecule has 0 aliphatic rings. The number of carboxylic acids is 1. The lowest BCUT2D eigenvalue weighted by molar-refractivity contribution is -0.145. The number of aromatic nitrogens is 1. The molecule has 0 saturated heterocycles. The third kappa shape index (κ3) is 3.12. The van der Waals surface area contributed by atoms with Crippen molar-refractivity contribution in [3.05, 3.63) is 33.3 Å². The zero-order valence-corrected chi connectivity index (χ0v) is 13.9. The maximum atomic E-state index is 11.2. The minimum atomic E-state index is -0.967. The standard InChI is InChI=1S/C14H13Br2NO3/c1-2-4-11(14(18)19)20-13-10(16)7-9(15)8-5-3-6-17-12(8)13/h3,5-7,11H,2,4H2,1H3,(H,18,19). The normalized spacial score (nSPS) is 12.3. The Balaban J connectivity index is 2.50. The van der Waals surface area contributed by atoms with E-state index in [1.54, 1.807) is 6.20 Å². The van der Waals surface area contributed by atoms with E-state index in [9.17, 15) is 9.90 Å². The molecule has 1 N–H and O–H groups in total. The predicted octanol–water partition coefficient (Wildman–Crippen LogP) is 4.39. The van der Waals surface area contributed by atoms with Gasteiger partial charge in [0.1, 0.15) is 5.52 Å². The molecule has 2 rings (SSSR count). The first-order valence-electron chi connectivity index (χ1n) is 6.16. The van der Waals surface area contributed by atoms with Gasteiger partial charge >= 0.3 is 5.97 Å². The molecular weight excluding hydrogens is 390 g/mol. The molecule has 4 nitrogen and oxygen atoms in total. The highest BCUT2D eigenvalue weighted by atomic mass is 79.9. The van der Waals surface area contributed by atoms with Gasteiger partial charge in [-0.15, -0.1) is 0 Å². The van der Waals surface area contributed by atoms with E-state index in [0.717, 1.165) is 16.3 Å². The summed E-state index contributed by atoms with van der Waals surface area (Å²) in [6.07, 6.45) is 1.97. The third-order valence-corrected chi connectivity index (χ3v) is 4.08. The topological polar surface area (TPSA) is 59.4 Å². The number of rotatable bonds is 5. The quantitative estimate of drug-likeness (QED) is 0.805. The largest absolute Gasteiger partial charge is 0.479 e. The number of nitrogens with zero attached hydrogens (tertiary/aromatic N) is 1. The Bertz CT molecular complexity index is 646. The fourth-order valence-corrected chi connectivity index (χ4v) is 3.26. The number of halogens is 2. The second-order valence-corrected chi connectivity index (χ2v) is 6.01. The van der Waals surface area contributed by atoms with Crippen molar-refractivity contribution in [1.82, 2.24) is 4.98 Å². The first kappa shape index (κ1) is 15.3. The molecule has 1 aromatic carbocycles. The van der Waals surface area contributed by atoms with Crippen molar-refractivity contribution in [3.8, 4) is 5.75 Å². The van der Waals surface area contributed by atoms with Crippen molar-refractivity contribution >= 4 is 48.7 Å². The number of hydrogen-bond acceptors (Lipinski definition) is 3. The van der Waals surface area contributed by atoms with E-state index >= 15 is 0 Å². The lowest BCUT2D eigenvalue weighted by Gasteiger charge is -2.17. The number of carbonyl (C=O) groups is 1. The van der Waals surface area contributed by atoms with Gasteiger partial charge in [-0.2, -0.15) is 0 Å². The highest BCUT2D eigenvalue weighted by Crippen LogP contribution is 2.38. The molecule has 0 saturated carbocycles. The van der Waals surface area contributed by atoms with E-state index in [1.165, 1.54) is 0 Å². The maximum absolute atomic E-state index is 11.2. The minimum absolute atomic E-state index is 0.451. The van der Waals surface area contributed by atoms with Crippen molar-refractivity contribution in [3.63, 3.8) is 0 Å². The zero-order chi connectivity index (χ0) is 14.7. The van der Waals surface area contributed by atoms with Gasteiger partial charge in [0.05, 0.1) is 4.47 Å². The van der Waals surface area contributed by atoms with Crippen LogP contribution in [0, 0.1) is 0 Å². The Morgan fingerprint density at radius 2 is 2.20 bits per heavy atom. The molecule has 20 heavy (non-hydrogen) atoms. The van der Waals surface area contributed by atoms with E-state index in [-0.39, 0.29) is 0 Å². The number of benzene rings is 1. The summed E-state index contributed by atoms with van der Waals surface area (Å²) in [6, 6.07) is 5.57. The van der Waals surface area contributed by atoms with E-state index < -0.39 is 12.1 Å².